The van der Waals surface area contributed by atoms with Gasteiger partial charge < -0.3 is 15.5 Å². The zero-order valence-electron chi connectivity index (χ0n) is 12.4. The Labute approximate surface area is 125 Å². The summed E-state index contributed by atoms with van der Waals surface area (Å²) in [6, 6.07) is 0.207. The van der Waals surface area contributed by atoms with Crippen LogP contribution in [0.5, 0.6) is 0 Å². The standard InChI is InChI=1S/C14H25N3O2S/c1-10(2)13(18)16-11-3-6-17(7-4-11)14(19)12-9-20-8-5-15-12/h10-12,15H,3-9H2,1-2H3,(H,16,18). The van der Waals surface area contributed by atoms with E-state index in [2.05, 4.69) is 10.6 Å². The molecule has 0 aromatic rings. The van der Waals surface area contributed by atoms with E-state index in [0.717, 1.165) is 44.0 Å². The first-order valence-electron chi connectivity index (χ1n) is 7.48. The van der Waals surface area contributed by atoms with E-state index in [1.807, 2.05) is 30.5 Å². The minimum atomic E-state index is -0.0180. The van der Waals surface area contributed by atoms with Gasteiger partial charge in [0.2, 0.25) is 11.8 Å². The SMILES string of the molecule is CC(C)C(=O)NC1CCN(C(=O)C2CSCCN2)CC1. The molecule has 2 aliphatic heterocycles. The Hall–Kier alpha value is -0.750. The van der Waals surface area contributed by atoms with E-state index in [-0.39, 0.29) is 29.8 Å². The van der Waals surface area contributed by atoms with Crippen LogP contribution in [0.15, 0.2) is 0 Å². The molecule has 2 saturated heterocycles. The molecule has 1 unspecified atom stereocenters. The van der Waals surface area contributed by atoms with E-state index in [0.29, 0.717) is 0 Å². The summed E-state index contributed by atoms with van der Waals surface area (Å²) in [6.07, 6.45) is 1.73. The van der Waals surface area contributed by atoms with E-state index < -0.39 is 0 Å². The summed E-state index contributed by atoms with van der Waals surface area (Å²) in [5.41, 5.74) is 0. The molecule has 2 amide bonds. The Morgan fingerprint density at radius 1 is 1.30 bits per heavy atom. The highest BCUT2D eigenvalue weighted by atomic mass is 32.2. The molecule has 2 rings (SSSR count). The molecule has 0 bridgehead atoms. The Balaban J connectivity index is 1.76. The molecule has 0 aromatic carbocycles. The first-order chi connectivity index (χ1) is 9.58. The highest BCUT2D eigenvalue weighted by Crippen LogP contribution is 2.15. The zero-order valence-corrected chi connectivity index (χ0v) is 13.2. The van der Waals surface area contributed by atoms with Gasteiger partial charge in [0.15, 0.2) is 0 Å². The fraction of sp³-hybridized carbons (Fsp3) is 0.857. The molecule has 0 saturated carbocycles. The maximum absolute atomic E-state index is 12.4. The first kappa shape index (κ1) is 15.6. The molecular formula is C14H25N3O2S. The van der Waals surface area contributed by atoms with Gasteiger partial charge in [0, 0.05) is 43.1 Å². The smallest absolute Gasteiger partial charge is 0.240 e. The van der Waals surface area contributed by atoms with E-state index in [1.54, 1.807) is 0 Å². The van der Waals surface area contributed by atoms with Crippen molar-refractivity contribution in [2.75, 3.05) is 31.1 Å². The zero-order chi connectivity index (χ0) is 14.5. The second-order valence-electron chi connectivity index (χ2n) is 5.84. The fourth-order valence-corrected chi connectivity index (χ4v) is 3.48. The second-order valence-corrected chi connectivity index (χ2v) is 6.99. The lowest BCUT2D eigenvalue weighted by molar-refractivity contribution is -0.134. The maximum atomic E-state index is 12.4. The third-order valence-corrected chi connectivity index (χ3v) is 4.96. The molecule has 0 spiro atoms. The highest BCUT2D eigenvalue weighted by molar-refractivity contribution is 7.99. The van der Waals surface area contributed by atoms with Gasteiger partial charge in [-0.1, -0.05) is 13.8 Å². The number of carbonyl (C=O) groups is 2. The molecule has 5 nitrogen and oxygen atoms in total. The average Bonchev–Trinajstić information content (AvgIpc) is 2.48. The van der Waals surface area contributed by atoms with Crippen LogP contribution in [0.4, 0.5) is 0 Å². The van der Waals surface area contributed by atoms with Crippen LogP contribution in [0, 0.1) is 5.92 Å². The van der Waals surface area contributed by atoms with Gasteiger partial charge in [-0.05, 0) is 12.8 Å². The maximum Gasteiger partial charge on any atom is 0.240 e. The van der Waals surface area contributed by atoms with Crippen molar-refractivity contribution >= 4 is 23.6 Å². The number of nitrogens with zero attached hydrogens (tertiary/aromatic N) is 1. The van der Waals surface area contributed by atoms with Crippen LogP contribution in [0.2, 0.25) is 0 Å². The van der Waals surface area contributed by atoms with Gasteiger partial charge in [-0.25, -0.2) is 0 Å². The van der Waals surface area contributed by atoms with Crippen molar-refractivity contribution in [1.82, 2.24) is 15.5 Å². The quantitative estimate of drug-likeness (QED) is 0.794. The molecule has 1 atom stereocenters. The summed E-state index contributed by atoms with van der Waals surface area (Å²) < 4.78 is 0. The number of rotatable bonds is 3. The second kappa shape index (κ2) is 7.31. The lowest BCUT2D eigenvalue weighted by Gasteiger charge is -2.35. The Kier molecular flexibility index (Phi) is 5.72. The summed E-state index contributed by atoms with van der Waals surface area (Å²) >= 11 is 1.84. The summed E-state index contributed by atoms with van der Waals surface area (Å²) in [7, 11) is 0. The number of amides is 2. The van der Waals surface area contributed by atoms with Crippen molar-refractivity contribution in [3.63, 3.8) is 0 Å². The van der Waals surface area contributed by atoms with Gasteiger partial charge in [-0.2, -0.15) is 11.8 Å². The molecule has 6 heteroatoms. The Morgan fingerprint density at radius 2 is 2.00 bits per heavy atom. The van der Waals surface area contributed by atoms with Gasteiger partial charge in [0.05, 0.1) is 6.04 Å². The number of nitrogens with one attached hydrogen (secondary N) is 2. The van der Waals surface area contributed by atoms with E-state index in [9.17, 15) is 9.59 Å². The number of carbonyl (C=O) groups excluding carboxylic acids is 2. The van der Waals surface area contributed by atoms with Gasteiger partial charge in [-0.15, -0.1) is 0 Å². The molecule has 0 aromatic heterocycles. The first-order valence-corrected chi connectivity index (χ1v) is 8.63. The van der Waals surface area contributed by atoms with Crippen LogP contribution in [0.25, 0.3) is 0 Å². The Bertz CT molecular complexity index is 348. The lowest BCUT2D eigenvalue weighted by Crippen LogP contribution is -2.54. The predicted octanol–water partition coefficient (Wildman–Crippen LogP) is 0.455. The van der Waals surface area contributed by atoms with Crippen molar-refractivity contribution in [2.24, 2.45) is 5.92 Å². The van der Waals surface area contributed by atoms with Crippen molar-refractivity contribution < 1.29 is 9.59 Å². The van der Waals surface area contributed by atoms with E-state index >= 15 is 0 Å². The van der Waals surface area contributed by atoms with Crippen LogP contribution in [0.1, 0.15) is 26.7 Å². The topological polar surface area (TPSA) is 61.4 Å². The van der Waals surface area contributed by atoms with Crippen LogP contribution in [-0.4, -0.2) is 59.9 Å². The van der Waals surface area contributed by atoms with Crippen molar-refractivity contribution in [3.05, 3.63) is 0 Å². The van der Waals surface area contributed by atoms with E-state index in [1.165, 1.54) is 0 Å². The number of likely N-dealkylation sites (tertiary alicyclic amines) is 1. The third kappa shape index (κ3) is 4.12. The van der Waals surface area contributed by atoms with Crippen molar-refractivity contribution in [1.29, 1.82) is 0 Å². The van der Waals surface area contributed by atoms with Crippen LogP contribution in [0.3, 0.4) is 0 Å². The van der Waals surface area contributed by atoms with Gasteiger partial charge in [0.25, 0.3) is 0 Å². The average molecular weight is 299 g/mol. The summed E-state index contributed by atoms with van der Waals surface area (Å²) in [6.45, 7) is 6.23. The van der Waals surface area contributed by atoms with Crippen LogP contribution in [-0.2, 0) is 9.59 Å². The number of hydrogen-bond donors (Lipinski definition) is 2. The molecule has 2 heterocycles. The van der Waals surface area contributed by atoms with Gasteiger partial charge in [0.1, 0.15) is 0 Å². The number of thioether (sulfide) groups is 1. The highest BCUT2D eigenvalue weighted by Gasteiger charge is 2.29. The summed E-state index contributed by atoms with van der Waals surface area (Å²) in [5, 5.41) is 6.35. The molecule has 2 fully saturated rings. The van der Waals surface area contributed by atoms with Crippen LogP contribution < -0.4 is 10.6 Å². The van der Waals surface area contributed by atoms with Crippen molar-refractivity contribution in [2.45, 2.75) is 38.8 Å². The van der Waals surface area contributed by atoms with E-state index in [4.69, 9.17) is 0 Å². The van der Waals surface area contributed by atoms with Gasteiger partial charge in [-0.3, -0.25) is 9.59 Å². The van der Waals surface area contributed by atoms with Crippen molar-refractivity contribution in [3.8, 4) is 0 Å². The Morgan fingerprint density at radius 3 is 2.55 bits per heavy atom. The minimum Gasteiger partial charge on any atom is -0.353 e. The molecular weight excluding hydrogens is 274 g/mol. The van der Waals surface area contributed by atoms with Crippen LogP contribution >= 0.6 is 11.8 Å². The molecule has 0 radical (unpaired) electrons. The monoisotopic (exact) mass is 299 g/mol. The fourth-order valence-electron chi connectivity index (χ4n) is 2.56. The molecule has 20 heavy (non-hydrogen) atoms. The summed E-state index contributed by atoms with van der Waals surface area (Å²) in [5.74, 6) is 2.33. The lowest BCUT2D eigenvalue weighted by atomic mass is 10.0. The van der Waals surface area contributed by atoms with Gasteiger partial charge >= 0.3 is 0 Å². The number of piperidine rings is 1. The summed E-state index contributed by atoms with van der Waals surface area (Å²) in [4.78, 5) is 26.0. The third-order valence-electron chi connectivity index (χ3n) is 3.90. The normalized spacial score (nSPS) is 24.8. The minimum absolute atomic E-state index is 0.0180. The number of hydrogen-bond acceptors (Lipinski definition) is 4. The molecule has 114 valence electrons. The molecule has 2 N–H and O–H groups in total. The molecule has 0 aliphatic carbocycles. The largest absolute Gasteiger partial charge is 0.353 e. The predicted molar refractivity (Wildman–Crippen MR) is 81.7 cm³/mol. The molecule has 2 aliphatic rings.